The Morgan fingerprint density at radius 2 is 2.00 bits per heavy atom. The van der Waals surface area contributed by atoms with Gasteiger partial charge < -0.3 is 14.5 Å². The maximum absolute atomic E-state index is 13.0. The molecule has 1 saturated heterocycles. The minimum absolute atomic E-state index is 0.174. The van der Waals surface area contributed by atoms with Gasteiger partial charge in [-0.25, -0.2) is 14.8 Å². The highest BCUT2D eigenvalue weighted by Gasteiger charge is 2.39. The minimum Gasteiger partial charge on any atom is -0.444 e. The number of nitrogens with one attached hydrogen (secondary N) is 1. The highest BCUT2D eigenvalue weighted by molar-refractivity contribution is 6.05. The first-order chi connectivity index (χ1) is 17.5. The standard InChI is InChI=1S/C27H33N7O3/c1-7-17-10-22(34(13-17)26(36)37-27(3,4)5)20-14-33-15-23(28-12-24(33)29-20)30-25(35)18-8-9-19-16(2)31-32(6)21(19)11-18/h8-9,11-12,14-15,17,22H,7,10,13H2,1-6H3,(H,30,35). The number of rotatable bonds is 4. The van der Waals surface area contributed by atoms with Crippen LogP contribution in [-0.2, 0) is 11.8 Å². The van der Waals surface area contributed by atoms with Crippen LogP contribution >= 0.6 is 0 Å². The molecular formula is C27H33N7O3. The SMILES string of the molecule is CCC1CC(c2cn3cc(NC(=O)c4ccc5c(C)nn(C)c5c4)ncc3n2)N(C(=O)OC(C)(C)C)C1. The highest BCUT2D eigenvalue weighted by Crippen LogP contribution is 2.37. The summed E-state index contributed by atoms with van der Waals surface area (Å²) in [7, 11) is 1.86. The third-order valence-electron chi connectivity index (χ3n) is 6.83. The molecule has 0 spiro atoms. The van der Waals surface area contributed by atoms with Gasteiger partial charge in [0.1, 0.15) is 11.4 Å². The Bertz CT molecular complexity index is 1500. The summed E-state index contributed by atoms with van der Waals surface area (Å²) in [5.74, 6) is 0.533. The first kappa shape index (κ1) is 24.7. The van der Waals surface area contributed by atoms with Gasteiger partial charge in [0.15, 0.2) is 5.65 Å². The van der Waals surface area contributed by atoms with E-state index in [0.717, 1.165) is 35.1 Å². The summed E-state index contributed by atoms with van der Waals surface area (Å²) in [4.78, 5) is 36.8. The Balaban J connectivity index is 1.38. The highest BCUT2D eigenvalue weighted by atomic mass is 16.6. The molecule has 1 aliphatic heterocycles. The number of nitrogens with zero attached hydrogens (tertiary/aromatic N) is 6. The lowest BCUT2D eigenvalue weighted by Crippen LogP contribution is -2.36. The second kappa shape index (κ2) is 9.17. The van der Waals surface area contributed by atoms with E-state index in [1.54, 1.807) is 28.0 Å². The first-order valence-electron chi connectivity index (χ1n) is 12.6. The summed E-state index contributed by atoms with van der Waals surface area (Å²) < 4.78 is 9.27. The van der Waals surface area contributed by atoms with E-state index in [1.807, 2.05) is 57.5 Å². The third kappa shape index (κ3) is 4.87. The van der Waals surface area contributed by atoms with Crippen LogP contribution in [0.25, 0.3) is 16.6 Å². The van der Waals surface area contributed by atoms with Crippen LogP contribution in [0.1, 0.15) is 68.3 Å². The van der Waals surface area contributed by atoms with Gasteiger partial charge in [0.25, 0.3) is 5.91 Å². The number of carbonyl (C=O) groups excluding carboxylic acids is 2. The molecule has 0 saturated carbocycles. The van der Waals surface area contributed by atoms with Gasteiger partial charge in [-0.05, 0) is 52.2 Å². The molecular weight excluding hydrogens is 470 g/mol. The number of ether oxygens (including phenoxy) is 1. The van der Waals surface area contributed by atoms with Gasteiger partial charge in [0, 0.05) is 30.7 Å². The molecule has 4 heterocycles. The van der Waals surface area contributed by atoms with Crippen LogP contribution in [0.3, 0.4) is 0 Å². The van der Waals surface area contributed by atoms with Gasteiger partial charge in [-0.2, -0.15) is 5.10 Å². The predicted molar refractivity (Wildman–Crippen MR) is 140 cm³/mol. The van der Waals surface area contributed by atoms with Crippen molar-refractivity contribution in [3.05, 3.63) is 53.7 Å². The van der Waals surface area contributed by atoms with Crippen molar-refractivity contribution in [2.24, 2.45) is 13.0 Å². The third-order valence-corrected chi connectivity index (χ3v) is 6.83. The number of aromatic nitrogens is 5. The van der Waals surface area contributed by atoms with Crippen molar-refractivity contribution in [1.29, 1.82) is 0 Å². The second-order valence-electron chi connectivity index (χ2n) is 10.8. The summed E-state index contributed by atoms with van der Waals surface area (Å²) in [6.45, 7) is 10.3. The summed E-state index contributed by atoms with van der Waals surface area (Å²) in [5.41, 5.74) is 3.19. The van der Waals surface area contributed by atoms with E-state index in [4.69, 9.17) is 9.72 Å². The van der Waals surface area contributed by atoms with Gasteiger partial charge in [-0.3, -0.25) is 14.4 Å². The number of hydrogen-bond acceptors (Lipinski definition) is 6. The zero-order valence-electron chi connectivity index (χ0n) is 22.1. The lowest BCUT2D eigenvalue weighted by Gasteiger charge is -2.27. The molecule has 3 aromatic heterocycles. The molecule has 2 atom stereocenters. The Morgan fingerprint density at radius 3 is 2.73 bits per heavy atom. The molecule has 4 aromatic rings. The van der Waals surface area contributed by atoms with Crippen LogP contribution in [0.15, 0.2) is 36.8 Å². The van der Waals surface area contributed by atoms with E-state index in [-0.39, 0.29) is 18.0 Å². The Hall–Kier alpha value is -3.95. The summed E-state index contributed by atoms with van der Waals surface area (Å²) in [6, 6.07) is 5.35. The summed E-state index contributed by atoms with van der Waals surface area (Å²) in [6.07, 6.45) is 6.74. The number of hydrogen-bond donors (Lipinski definition) is 1. The van der Waals surface area contributed by atoms with Crippen molar-refractivity contribution < 1.29 is 14.3 Å². The van der Waals surface area contributed by atoms with Crippen molar-refractivity contribution in [2.75, 3.05) is 11.9 Å². The Morgan fingerprint density at radius 1 is 1.22 bits per heavy atom. The van der Waals surface area contributed by atoms with Crippen LogP contribution in [-0.4, -0.2) is 53.2 Å². The molecule has 194 valence electrons. The van der Waals surface area contributed by atoms with Crippen molar-refractivity contribution in [2.45, 2.75) is 59.1 Å². The maximum Gasteiger partial charge on any atom is 0.410 e. The monoisotopic (exact) mass is 503 g/mol. The molecule has 1 N–H and O–H groups in total. The van der Waals surface area contributed by atoms with Gasteiger partial charge in [-0.1, -0.05) is 19.4 Å². The molecule has 10 heteroatoms. The van der Waals surface area contributed by atoms with Gasteiger partial charge in [0.2, 0.25) is 0 Å². The zero-order valence-corrected chi connectivity index (χ0v) is 22.1. The maximum atomic E-state index is 13.0. The molecule has 0 radical (unpaired) electrons. The lowest BCUT2D eigenvalue weighted by atomic mass is 10.0. The Labute approximate surface area is 215 Å². The van der Waals surface area contributed by atoms with E-state index >= 15 is 0 Å². The number of amides is 2. The van der Waals surface area contributed by atoms with Crippen molar-refractivity contribution in [1.82, 2.24) is 29.0 Å². The van der Waals surface area contributed by atoms with E-state index in [1.165, 1.54) is 0 Å². The van der Waals surface area contributed by atoms with Crippen LogP contribution in [0.5, 0.6) is 0 Å². The zero-order chi connectivity index (χ0) is 26.5. The topological polar surface area (TPSA) is 107 Å². The minimum atomic E-state index is -0.567. The number of fused-ring (bicyclic) bond motifs is 2. The van der Waals surface area contributed by atoms with E-state index in [2.05, 4.69) is 22.3 Å². The van der Waals surface area contributed by atoms with Crippen molar-refractivity contribution >= 4 is 34.4 Å². The van der Waals surface area contributed by atoms with Gasteiger partial charge in [-0.15, -0.1) is 0 Å². The fraction of sp³-hybridized carbons (Fsp3) is 0.444. The van der Waals surface area contributed by atoms with Crippen LogP contribution in [0.2, 0.25) is 0 Å². The quantitative estimate of drug-likeness (QED) is 0.425. The largest absolute Gasteiger partial charge is 0.444 e. The average Bonchev–Trinajstić information content (AvgIpc) is 3.53. The van der Waals surface area contributed by atoms with Crippen LogP contribution in [0, 0.1) is 12.8 Å². The first-order valence-corrected chi connectivity index (χ1v) is 12.6. The van der Waals surface area contributed by atoms with Crippen molar-refractivity contribution in [3.8, 4) is 0 Å². The molecule has 2 amide bonds. The predicted octanol–water partition coefficient (Wildman–Crippen LogP) is 4.88. The number of carbonyl (C=O) groups is 2. The van der Waals surface area contributed by atoms with Gasteiger partial charge in [0.05, 0.1) is 35.3 Å². The lowest BCUT2D eigenvalue weighted by molar-refractivity contribution is 0.0216. The molecule has 10 nitrogen and oxygen atoms in total. The molecule has 5 rings (SSSR count). The molecule has 2 unspecified atom stereocenters. The Kier molecular flexibility index (Phi) is 6.13. The number of anilines is 1. The number of benzene rings is 1. The normalized spacial score (nSPS) is 18.1. The van der Waals surface area contributed by atoms with Crippen LogP contribution < -0.4 is 5.32 Å². The fourth-order valence-corrected chi connectivity index (χ4v) is 4.93. The molecule has 37 heavy (non-hydrogen) atoms. The van der Waals surface area contributed by atoms with E-state index < -0.39 is 5.60 Å². The molecule has 1 fully saturated rings. The summed E-state index contributed by atoms with van der Waals surface area (Å²) in [5, 5.41) is 8.31. The number of aryl methyl sites for hydroxylation is 2. The summed E-state index contributed by atoms with van der Waals surface area (Å²) >= 11 is 0. The number of imidazole rings is 1. The van der Waals surface area contributed by atoms with Crippen LogP contribution in [0.4, 0.5) is 10.6 Å². The molecule has 0 aliphatic carbocycles. The molecule has 1 aliphatic rings. The van der Waals surface area contributed by atoms with E-state index in [9.17, 15) is 9.59 Å². The smallest absolute Gasteiger partial charge is 0.410 e. The fourth-order valence-electron chi connectivity index (χ4n) is 4.93. The molecule has 1 aromatic carbocycles. The van der Waals surface area contributed by atoms with Crippen molar-refractivity contribution in [3.63, 3.8) is 0 Å². The second-order valence-corrected chi connectivity index (χ2v) is 10.8. The molecule has 0 bridgehead atoms. The average molecular weight is 504 g/mol. The number of likely N-dealkylation sites (tertiary alicyclic amines) is 1. The van der Waals surface area contributed by atoms with E-state index in [0.29, 0.717) is 29.5 Å². The van der Waals surface area contributed by atoms with Gasteiger partial charge >= 0.3 is 6.09 Å².